The monoisotopic (exact) mass is 385 g/mol. The number of benzene rings is 1. The standard InChI is InChI=1S/C23H35N3O2/c1-16-8-7-11-21(17(16)2)25-22(27)18(3)26-14-12-20(13-15-26)24-23(28)19-9-5-4-6-10-19/h4-6,9-10,16-18,20-21H,7-8,11-15H2,1-3H3,(H,24,28)(H,25,27)/t16-,17+,18-,21+/m1/s1. The minimum absolute atomic E-state index is 0.00903. The van der Waals surface area contributed by atoms with Crippen LogP contribution in [0.3, 0.4) is 0 Å². The summed E-state index contributed by atoms with van der Waals surface area (Å²) in [4.78, 5) is 27.4. The van der Waals surface area contributed by atoms with Crippen LogP contribution in [0.2, 0.25) is 0 Å². The van der Waals surface area contributed by atoms with Gasteiger partial charge in [-0.15, -0.1) is 0 Å². The van der Waals surface area contributed by atoms with E-state index < -0.39 is 0 Å². The van der Waals surface area contributed by atoms with E-state index in [1.165, 1.54) is 12.8 Å². The quantitative estimate of drug-likeness (QED) is 0.818. The Hall–Kier alpha value is -1.88. The highest BCUT2D eigenvalue weighted by Crippen LogP contribution is 2.29. The van der Waals surface area contributed by atoms with Gasteiger partial charge >= 0.3 is 0 Å². The first-order valence-electron chi connectivity index (χ1n) is 10.9. The number of likely N-dealkylation sites (tertiary alicyclic amines) is 1. The molecule has 1 heterocycles. The van der Waals surface area contributed by atoms with Gasteiger partial charge < -0.3 is 10.6 Å². The second-order valence-corrected chi connectivity index (χ2v) is 8.71. The summed E-state index contributed by atoms with van der Waals surface area (Å²) in [5.74, 6) is 1.37. The van der Waals surface area contributed by atoms with Crippen LogP contribution in [-0.2, 0) is 4.79 Å². The fourth-order valence-corrected chi connectivity index (χ4v) is 4.54. The number of piperidine rings is 1. The van der Waals surface area contributed by atoms with Crippen molar-refractivity contribution in [3.63, 3.8) is 0 Å². The molecule has 154 valence electrons. The van der Waals surface area contributed by atoms with E-state index in [4.69, 9.17) is 0 Å². The predicted octanol–water partition coefficient (Wildman–Crippen LogP) is 3.21. The summed E-state index contributed by atoms with van der Waals surface area (Å²) in [5.41, 5.74) is 0.702. The van der Waals surface area contributed by atoms with Crippen molar-refractivity contribution in [3.8, 4) is 0 Å². The SMILES string of the molecule is C[C@H]1[C@H](C)CCC[C@@H]1NC(=O)[C@@H](C)N1CCC(NC(=O)c2ccccc2)CC1. The van der Waals surface area contributed by atoms with Crippen molar-refractivity contribution in [2.75, 3.05) is 13.1 Å². The van der Waals surface area contributed by atoms with Crippen molar-refractivity contribution < 1.29 is 9.59 Å². The number of carbonyl (C=O) groups excluding carboxylic acids is 2. The van der Waals surface area contributed by atoms with E-state index in [0.717, 1.165) is 32.4 Å². The third-order valence-electron chi connectivity index (χ3n) is 6.86. The van der Waals surface area contributed by atoms with Crippen LogP contribution in [-0.4, -0.2) is 47.9 Å². The molecule has 4 atom stereocenters. The van der Waals surface area contributed by atoms with E-state index in [2.05, 4.69) is 29.4 Å². The first-order chi connectivity index (χ1) is 13.5. The number of nitrogens with zero attached hydrogens (tertiary/aromatic N) is 1. The van der Waals surface area contributed by atoms with Crippen LogP contribution >= 0.6 is 0 Å². The van der Waals surface area contributed by atoms with Crippen LogP contribution < -0.4 is 10.6 Å². The lowest BCUT2D eigenvalue weighted by atomic mass is 9.78. The highest BCUT2D eigenvalue weighted by Gasteiger charge is 2.32. The van der Waals surface area contributed by atoms with E-state index >= 15 is 0 Å². The topological polar surface area (TPSA) is 61.4 Å². The predicted molar refractivity (Wildman–Crippen MR) is 112 cm³/mol. The van der Waals surface area contributed by atoms with Crippen molar-refractivity contribution >= 4 is 11.8 Å². The lowest BCUT2D eigenvalue weighted by Crippen LogP contribution is -2.54. The molecule has 2 amide bonds. The molecule has 1 aliphatic carbocycles. The molecule has 5 heteroatoms. The summed E-state index contributed by atoms with van der Waals surface area (Å²) >= 11 is 0. The van der Waals surface area contributed by atoms with Gasteiger partial charge in [0, 0.05) is 30.7 Å². The molecule has 2 N–H and O–H groups in total. The summed E-state index contributed by atoms with van der Waals surface area (Å²) < 4.78 is 0. The number of hydrogen-bond acceptors (Lipinski definition) is 3. The fourth-order valence-electron chi connectivity index (χ4n) is 4.54. The maximum atomic E-state index is 12.8. The van der Waals surface area contributed by atoms with E-state index in [1.54, 1.807) is 0 Å². The van der Waals surface area contributed by atoms with Gasteiger partial charge in [-0.1, -0.05) is 44.9 Å². The molecule has 2 fully saturated rings. The Bertz CT molecular complexity index is 655. The first kappa shape index (κ1) is 20.8. The Labute approximate surface area is 169 Å². The summed E-state index contributed by atoms with van der Waals surface area (Å²) in [7, 11) is 0. The van der Waals surface area contributed by atoms with Gasteiger partial charge in [-0.2, -0.15) is 0 Å². The highest BCUT2D eigenvalue weighted by atomic mass is 16.2. The van der Waals surface area contributed by atoms with Crippen LogP contribution in [0.1, 0.15) is 63.2 Å². The van der Waals surface area contributed by atoms with Gasteiger partial charge in [0.15, 0.2) is 0 Å². The van der Waals surface area contributed by atoms with E-state index in [0.29, 0.717) is 23.4 Å². The average Bonchev–Trinajstić information content (AvgIpc) is 2.72. The van der Waals surface area contributed by atoms with Crippen molar-refractivity contribution in [2.24, 2.45) is 11.8 Å². The number of amides is 2. The fraction of sp³-hybridized carbons (Fsp3) is 0.652. The van der Waals surface area contributed by atoms with Gasteiger partial charge in [-0.3, -0.25) is 14.5 Å². The largest absolute Gasteiger partial charge is 0.352 e. The summed E-state index contributed by atoms with van der Waals surface area (Å²) in [6, 6.07) is 9.72. The van der Waals surface area contributed by atoms with Gasteiger partial charge in [0.25, 0.3) is 5.91 Å². The Kier molecular flexibility index (Phi) is 7.11. The average molecular weight is 386 g/mol. The molecule has 1 aliphatic heterocycles. The lowest BCUT2D eigenvalue weighted by Gasteiger charge is -2.38. The molecule has 0 radical (unpaired) electrons. The highest BCUT2D eigenvalue weighted by molar-refractivity contribution is 5.94. The first-order valence-corrected chi connectivity index (χ1v) is 10.9. The van der Waals surface area contributed by atoms with Gasteiger partial charge in [-0.25, -0.2) is 0 Å². The third-order valence-corrected chi connectivity index (χ3v) is 6.86. The molecule has 1 saturated heterocycles. The maximum Gasteiger partial charge on any atom is 0.251 e. The Morgan fingerprint density at radius 2 is 1.68 bits per heavy atom. The zero-order valence-corrected chi connectivity index (χ0v) is 17.5. The molecule has 5 nitrogen and oxygen atoms in total. The molecular weight excluding hydrogens is 350 g/mol. The van der Waals surface area contributed by atoms with Crippen LogP contribution in [0.5, 0.6) is 0 Å². The van der Waals surface area contributed by atoms with Gasteiger partial charge in [0.1, 0.15) is 0 Å². The Morgan fingerprint density at radius 1 is 1.00 bits per heavy atom. The molecular formula is C23H35N3O2. The molecule has 3 rings (SSSR count). The molecule has 2 aliphatic rings. The number of nitrogens with one attached hydrogen (secondary N) is 2. The second-order valence-electron chi connectivity index (χ2n) is 8.71. The molecule has 0 unspecified atom stereocenters. The zero-order chi connectivity index (χ0) is 20.1. The molecule has 1 aromatic rings. The minimum atomic E-state index is -0.116. The van der Waals surface area contributed by atoms with Crippen molar-refractivity contribution in [1.82, 2.24) is 15.5 Å². The molecule has 1 aromatic carbocycles. The van der Waals surface area contributed by atoms with Gasteiger partial charge in [0.2, 0.25) is 5.91 Å². The van der Waals surface area contributed by atoms with Crippen molar-refractivity contribution in [1.29, 1.82) is 0 Å². The second kappa shape index (κ2) is 9.55. The van der Waals surface area contributed by atoms with E-state index in [-0.39, 0.29) is 23.9 Å². The van der Waals surface area contributed by atoms with Gasteiger partial charge in [0.05, 0.1) is 6.04 Å². The lowest BCUT2D eigenvalue weighted by molar-refractivity contribution is -0.127. The normalized spacial score (nSPS) is 27.8. The summed E-state index contributed by atoms with van der Waals surface area (Å²) in [6.07, 6.45) is 5.33. The number of rotatable bonds is 5. The Morgan fingerprint density at radius 3 is 2.36 bits per heavy atom. The molecule has 1 saturated carbocycles. The van der Waals surface area contributed by atoms with E-state index in [9.17, 15) is 9.59 Å². The van der Waals surface area contributed by atoms with Crippen LogP contribution in [0.25, 0.3) is 0 Å². The van der Waals surface area contributed by atoms with Gasteiger partial charge in [-0.05, 0) is 50.2 Å². The van der Waals surface area contributed by atoms with Crippen LogP contribution in [0.4, 0.5) is 0 Å². The van der Waals surface area contributed by atoms with Crippen molar-refractivity contribution in [3.05, 3.63) is 35.9 Å². The molecule has 0 bridgehead atoms. The minimum Gasteiger partial charge on any atom is -0.352 e. The smallest absolute Gasteiger partial charge is 0.251 e. The molecule has 28 heavy (non-hydrogen) atoms. The van der Waals surface area contributed by atoms with Crippen molar-refractivity contribution in [2.45, 2.75) is 71.0 Å². The summed E-state index contributed by atoms with van der Waals surface area (Å²) in [6.45, 7) is 8.24. The maximum absolute atomic E-state index is 12.8. The number of carbonyl (C=O) groups is 2. The van der Waals surface area contributed by atoms with Crippen LogP contribution in [0.15, 0.2) is 30.3 Å². The number of hydrogen-bond donors (Lipinski definition) is 2. The van der Waals surface area contributed by atoms with E-state index in [1.807, 2.05) is 37.3 Å². The molecule has 0 aromatic heterocycles. The third kappa shape index (κ3) is 5.13. The zero-order valence-electron chi connectivity index (χ0n) is 17.5. The van der Waals surface area contributed by atoms with Crippen LogP contribution in [0, 0.1) is 11.8 Å². The summed E-state index contributed by atoms with van der Waals surface area (Å²) in [5, 5.41) is 6.44. The molecule has 0 spiro atoms. The Balaban J connectivity index is 1.45.